The average Bonchev–Trinajstić information content (AvgIpc) is 2.57. The molecule has 6 nitrogen and oxygen atoms in total. The van der Waals surface area contributed by atoms with Gasteiger partial charge in [0.2, 0.25) is 0 Å². The normalized spacial score (nSPS) is 10.3. The second-order valence-corrected chi connectivity index (χ2v) is 5.98. The molecule has 0 saturated carbocycles. The third-order valence-electron chi connectivity index (χ3n) is 3.98. The lowest BCUT2D eigenvalue weighted by molar-refractivity contribution is 0.0900. The van der Waals surface area contributed by atoms with Crippen LogP contribution in [-0.2, 0) is 15.9 Å². The summed E-state index contributed by atoms with van der Waals surface area (Å²) in [5.74, 6) is 0. The molecule has 0 atom stereocenters. The van der Waals surface area contributed by atoms with Crippen LogP contribution in [0.2, 0.25) is 0 Å². The number of carbonyl (C=O) groups is 2. The minimum atomic E-state index is -1.23. The molecule has 0 aliphatic carbocycles. The Morgan fingerprint density at radius 1 is 1.04 bits per heavy atom. The van der Waals surface area contributed by atoms with E-state index in [1.807, 2.05) is 25.1 Å². The van der Waals surface area contributed by atoms with Crippen LogP contribution in [0.1, 0.15) is 56.6 Å². The Hall–Kier alpha value is -2.24. The predicted octanol–water partition coefficient (Wildman–Crippen LogP) is 5.14. The Bertz CT molecular complexity index is 545. The van der Waals surface area contributed by atoms with Crippen LogP contribution in [0.15, 0.2) is 18.2 Å². The Kier molecular flexibility index (Phi) is 10.1. The number of aryl methyl sites for hydroxylation is 1. The number of unbranched alkanes of at least 4 members (excludes halogenated alkanes) is 4. The van der Waals surface area contributed by atoms with Gasteiger partial charge in [0.05, 0.1) is 13.2 Å². The van der Waals surface area contributed by atoms with Crippen LogP contribution in [0, 0.1) is 6.92 Å². The lowest BCUT2D eigenvalue weighted by Gasteiger charge is -2.13. The summed E-state index contributed by atoms with van der Waals surface area (Å²) in [7, 11) is 0. The van der Waals surface area contributed by atoms with Crippen LogP contribution in [0.3, 0.4) is 0 Å². The third-order valence-corrected chi connectivity index (χ3v) is 3.98. The number of carbonyl (C=O) groups excluding carboxylic acids is 1. The molecule has 6 heteroatoms. The van der Waals surface area contributed by atoms with Gasteiger partial charge >= 0.3 is 12.2 Å². The van der Waals surface area contributed by atoms with Gasteiger partial charge in [-0.05, 0) is 56.2 Å². The SMILES string of the molecule is CCCCCOC(=O)Nc1cccc(CCCCCOC(=O)O)c1C. The summed E-state index contributed by atoms with van der Waals surface area (Å²) in [4.78, 5) is 22.1. The summed E-state index contributed by atoms with van der Waals surface area (Å²) < 4.78 is 9.66. The quantitative estimate of drug-likeness (QED) is 0.426. The van der Waals surface area contributed by atoms with Gasteiger partial charge in [0.1, 0.15) is 0 Å². The molecule has 1 aromatic carbocycles. The highest BCUT2D eigenvalue weighted by Gasteiger charge is 2.08. The van der Waals surface area contributed by atoms with E-state index in [-0.39, 0.29) is 6.61 Å². The van der Waals surface area contributed by atoms with E-state index in [1.54, 1.807) is 0 Å². The highest BCUT2D eigenvalue weighted by Crippen LogP contribution is 2.21. The maximum atomic E-state index is 11.8. The van der Waals surface area contributed by atoms with E-state index < -0.39 is 12.2 Å². The van der Waals surface area contributed by atoms with Crippen molar-refractivity contribution in [3.8, 4) is 0 Å². The molecule has 0 bridgehead atoms. The summed E-state index contributed by atoms with van der Waals surface area (Å²) >= 11 is 0. The molecule has 0 saturated heterocycles. The molecule has 0 radical (unpaired) electrons. The second-order valence-electron chi connectivity index (χ2n) is 5.98. The monoisotopic (exact) mass is 351 g/mol. The summed E-state index contributed by atoms with van der Waals surface area (Å²) in [5.41, 5.74) is 2.98. The third kappa shape index (κ3) is 8.98. The lowest BCUT2D eigenvalue weighted by atomic mass is 10.0. The van der Waals surface area contributed by atoms with Gasteiger partial charge < -0.3 is 14.6 Å². The first-order chi connectivity index (χ1) is 12.0. The zero-order valence-corrected chi connectivity index (χ0v) is 15.2. The largest absolute Gasteiger partial charge is 0.505 e. The van der Waals surface area contributed by atoms with E-state index in [2.05, 4.69) is 17.0 Å². The van der Waals surface area contributed by atoms with Crippen molar-refractivity contribution in [2.75, 3.05) is 18.5 Å². The predicted molar refractivity (Wildman–Crippen MR) is 97.2 cm³/mol. The molecular formula is C19H29NO5. The number of anilines is 1. The van der Waals surface area contributed by atoms with E-state index in [0.29, 0.717) is 13.0 Å². The van der Waals surface area contributed by atoms with Gasteiger partial charge in [0, 0.05) is 5.69 Å². The maximum absolute atomic E-state index is 11.8. The summed E-state index contributed by atoms with van der Waals surface area (Å²) in [6, 6.07) is 5.83. The van der Waals surface area contributed by atoms with Crippen LogP contribution in [-0.4, -0.2) is 30.6 Å². The van der Waals surface area contributed by atoms with Gasteiger partial charge in [-0.1, -0.05) is 31.9 Å². The van der Waals surface area contributed by atoms with Crippen molar-refractivity contribution in [3.05, 3.63) is 29.3 Å². The van der Waals surface area contributed by atoms with E-state index in [9.17, 15) is 9.59 Å². The van der Waals surface area contributed by atoms with Crippen molar-refractivity contribution in [3.63, 3.8) is 0 Å². The lowest BCUT2D eigenvalue weighted by Crippen LogP contribution is -2.15. The Morgan fingerprint density at radius 2 is 1.76 bits per heavy atom. The summed E-state index contributed by atoms with van der Waals surface area (Å²) in [5, 5.41) is 11.2. The zero-order chi connectivity index (χ0) is 18.5. The minimum Gasteiger partial charge on any atom is -0.450 e. The molecular weight excluding hydrogens is 322 g/mol. The molecule has 0 aliphatic rings. The number of carboxylic acid groups (broad SMARTS) is 1. The summed E-state index contributed by atoms with van der Waals surface area (Å²) in [6.45, 7) is 4.76. The number of hydrogen-bond acceptors (Lipinski definition) is 4. The van der Waals surface area contributed by atoms with Crippen LogP contribution in [0.4, 0.5) is 15.3 Å². The van der Waals surface area contributed by atoms with Crippen LogP contribution in [0.25, 0.3) is 0 Å². The van der Waals surface area contributed by atoms with Crippen molar-refractivity contribution in [2.24, 2.45) is 0 Å². The highest BCUT2D eigenvalue weighted by atomic mass is 16.7. The molecule has 0 spiro atoms. The number of ether oxygens (including phenoxy) is 2. The van der Waals surface area contributed by atoms with Crippen LogP contribution >= 0.6 is 0 Å². The van der Waals surface area contributed by atoms with Crippen LogP contribution in [0.5, 0.6) is 0 Å². The Morgan fingerprint density at radius 3 is 2.48 bits per heavy atom. The summed E-state index contributed by atoms with van der Waals surface area (Å²) in [6.07, 6.45) is 4.81. The number of amides is 1. The fraction of sp³-hybridized carbons (Fsp3) is 0.579. The molecule has 140 valence electrons. The first-order valence-electron chi connectivity index (χ1n) is 8.92. The van der Waals surface area contributed by atoms with Crippen molar-refractivity contribution in [1.82, 2.24) is 0 Å². The fourth-order valence-corrected chi connectivity index (χ4v) is 2.51. The number of rotatable bonds is 11. The molecule has 1 aromatic rings. The molecule has 25 heavy (non-hydrogen) atoms. The number of benzene rings is 1. The van der Waals surface area contributed by atoms with E-state index >= 15 is 0 Å². The highest BCUT2D eigenvalue weighted by molar-refractivity contribution is 5.85. The number of hydrogen-bond donors (Lipinski definition) is 2. The maximum Gasteiger partial charge on any atom is 0.505 e. The van der Waals surface area contributed by atoms with Gasteiger partial charge in [-0.25, -0.2) is 9.59 Å². The first-order valence-corrected chi connectivity index (χ1v) is 8.92. The molecule has 1 amide bonds. The molecule has 0 aliphatic heterocycles. The van der Waals surface area contributed by atoms with E-state index in [1.165, 1.54) is 5.56 Å². The average molecular weight is 351 g/mol. The van der Waals surface area contributed by atoms with Crippen molar-refractivity contribution in [2.45, 2.75) is 58.8 Å². The van der Waals surface area contributed by atoms with Gasteiger partial charge in [-0.3, -0.25) is 5.32 Å². The fourth-order valence-electron chi connectivity index (χ4n) is 2.51. The van der Waals surface area contributed by atoms with Crippen LogP contribution < -0.4 is 5.32 Å². The molecule has 1 rings (SSSR count). The molecule has 0 unspecified atom stereocenters. The molecule has 2 N–H and O–H groups in total. The zero-order valence-electron chi connectivity index (χ0n) is 15.2. The van der Waals surface area contributed by atoms with Gasteiger partial charge in [0.25, 0.3) is 0 Å². The first kappa shape index (κ1) is 20.8. The smallest absolute Gasteiger partial charge is 0.450 e. The van der Waals surface area contributed by atoms with Crippen molar-refractivity contribution < 1.29 is 24.2 Å². The number of nitrogens with one attached hydrogen (secondary N) is 1. The van der Waals surface area contributed by atoms with E-state index in [0.717, 1.165) is 49.8 Å². The second kappa shape index (κ2) is 12.2. The van der Waals surface area contributed by atoms with Gasteiger partial charge in [-0.15, -0.1) is 0 Å². The Labute approximate surface area is 149 Å². The molecule has 0 fully saturated rings. The van der Waals surface area contributed by atoms with Crippen molar-refractivity contribution >= 4 is 17.9 Å². The topological polar surface area (TPSA) is 84.9 Å². The minimum absolute atomic E-state index is 0.236. The van der Waals surface area contributed by atoms with Gasteiger partial charge in [-0.2, -0.15) is 0 Å². The van der Waals surface area contributed by atoms with Gasteiger partial charge in [0.15, 0.2) is 0 Å². The Balaban J connectivity index is 2.38. The van der Waals surface area contributed by atoms with E-state index in [4.69, 9.17) is 9.84 Å². The molecule has 0 heterocycles. The standard InChI is InChI=1S/C19H29NO5/c1-3-4-7-13-24-18(21)20-17-12-9-11-16(15(17)2)10-6-5-8-14-25-19(22)23/h9,11-12H,3-8,10,13-14H2,1-2H3,(H,20,21)(H,22,23). The van der Waals surface area contributed by atoms with Crippen molar-refractivity contribution in [1.29, 1.82) is 0 Å². The molecule has 0 aromatic heterocycles.